The molecule has 0 radical (unpaired) electrons. The summed E-state index contributed by atoms with van der Waals surface area (Å²) in [7, 11) is 0. The highest BCUT2D eigenvalue weighted by Gasteiger charge is 2.44. The summed E-state index contributed by atoms with van der Waals surface area (Å²) < 4.78 is 5.53. The topological polar surface area (TPSA) is 83.6 Å². The van der Waals surface area contributed by atoms with Crippen molar-refractivity contribution in [1.82, 2.24) is 10.1 Å². The number of benzene rings is 1. The number of rotatable bonds is 7. The van der Waals surface area contributed by atoms with Crippen molar-refractivity contribution in [2.75, 3.05) is 13.1 Å². The molecule has 0 bridgehead atoms. The first-order valence-corrected chi connectivity index (χ1v) is 11.5. The van der Waals surface area contributed by atoms with Gasteiger partial charge >= 0.3 is 5.97 Å². The quantitative estimate of drug-likeness (QED) is 0.686. The van der Waals surface area contributed by atoms with Crippen LogP contribution in [-0.4, -0.2) is 40.1 Å². The summed E-state index contributed by atoms with van der Waals surface area (Å²) >= 11 is 0. The molecule has 4 rings (SSSR count). The van der Waals surface area contributed by atoms with Crippen LogP contribution in [0.25, 0.3) is 11.3 Å². The van der Waals surface area contributed by atoms with Gasteiger partial charge in [0, 0.05) is 37.6 Å². The molecular formula is C25H32N2O4. The smallest absolute Gasteiger partial charge is 0.311 e. The van der Waals surface area contributed by atoms with Gasteiger partial charge in [0.15, 0.2) is 0 Å². The van der Waals surface area contributed by atoms with E-state index in [1.807, 2.05) is 37.3 Å². The molecule has 1 saturated heterocycles. The van der Waals surface area contributed by atoms with Crippen molar-refractivity contribution < 1.29 is 19.2 Å². The lowest BCUT2D eigenvalue weighted by atomic mass is 9.76. The van der Waals surface area contributed by atoms with Crippen LogP contribution in [0.4, 0.5) is 0 Å². The van der Waals surface area contributed by atoms with Crippen molar-refractivity contribution >= 4 is 11.9 Å². The maximum Gasteiger partial charge on any atom is 0.311 e. The highest BCUT2D eigenvalue weighted by atomic mass is 16.5. The molecule has 1 saturated carbocycles. The van der Waals surface area contributed by atoms with Gasteiger partial charge in [-0.15, -0.1) is 0 Å². The molecule has 2 aliphatic rings. The lowest BCUT2D eigenvalue weighted by Gasteiger charge is -2.39. The zero-order valence-electron chi connectivity index (χ0n) is 18.3. The van der Waals surface area contributed by atoms with E-state index in [-0.39, 0.29) is 18.9 Å². The van der Waals surface area contributed by atoms with Crippen molar-refractivity contribution in [3.8, 4) is 11.3 Å². The molecule has 6 nitrogen and oxygen atoms in total. The Bertz CT molecular complexity index is 931. The van der Waals surface area contributed by atoms with E-state index in [2.05, 4.69) is 5.16 Å². The first kappa shape index (κ1) is 21.6. The average Bonchev–Trinajstić information content (AvgIpc) is 3.44. The van der Waals surface area contributed by atoms with Gasteiger partial charge in [-0.05, 0) is 38.2 Å². The second-order valence-corrected chi connectivity index (χ2v) is 9.42. The number of amides is 1. The van der Waals surface area contributed by atoms with Crippen molar-refractivity contribution in [3.63, 3.8) is 0 Å². The molecule has 2 heterocycles. The van der Waals surface area contributed by atoms with Crippen molar-refractivity contribution in [3.05, 3.63) is 41.7 Å². The number of piperidine rings is 1. The summed E-state index contributed by atoms with van der Waals surface area (Å²) in [5.41, 5.74) is 1.76. The molecule has 1 N–H and O–H groups in total. The molecule has 2 aromatic rings. The number of carboxylic acid groups (broad SMARTS) is 1. The Kier molecular flexibility index (Phi) is 6.44. The van der Waals surface area contributed by atoms with Crippen molar-refractivity contribution in [2.45, 2.75) is 64.7 Å². The molecular weight excluding hydrogens is 392 g/mol. The number of aliphatic carboxylic acids is 1. The van der Waals surface area contributed by atoms with E-state index in [4.69, 9.17) is 4.52 Å². The number of carbonyl (C=O) groups excluding carboxylic acids is 1. The third-order valence-electron chi connectivity index (χ3n) is 7.01. The fourth-order valence-electron chi connectivity index (χ4n) is 5.19. The minimum atomic E-state index is -1.02. The first-order chi connectivity index (χ1) is 14.9. The Morgan fingerprint density at radius 2 is 2.03 bits per heavy atom. The number of nitrogens with zero attached hydrogens (tertiary/aromatic N) is 2. The van der Waals surface area contributed by atoms with E-state index < -0.39 is 11.4 Å². The summed E-state index contributed by atoms with van der Waals surface area (Å²) in [4.78, 5) is 26.9. The van der Waals surface area contributed by atoms with E-state index in [1.165, 1.54) is 25.7 Å². The van der Waals surface area contributed by atoms with Gasteiger partial charge in [-0.3, -0.25) is 9.59 Å². The Balaban J connectivity index is 1.44. The Morgan fingerprint density at radius 1 is 1.23 bits per heavy atom. The average molecular weight is 425 g/mol. The maximum absolute atomic E-state index is 12.8. The number of likely N-dealkylation sites (tertiary alicyclic amines) is 1. The molecule has 1 aliphatic heterocycles. The van der Waals surface area contributed by atoms with E-state index in [9.17, 15) is 14.7 Å². The summed E-state index contributed by atoms with van der Waals surface area (Å²) in [6.45, 7) is 2.90. The van der Waals surface area contributed by atoms with Crippen LogP contribution in [-0.2, 0) is 16.0 Å². The molecule has 31 heavy (non-hydrogen) atoms. The number of aromatic nitrogens is 1. The standard InChI is InChI=1S/C25H32N2O4/c1-18-6-4-9-20(14-18)22-15-21(31-26-22)16-25(24(29)30)12-5-13-27(17-25)23(28)11-10-19-7-2-3-8-19/h4,6,9,14-15,19H,2-3,5,7-8,10-13,16-17H2,1H3,(H,29,30)/t25-/m0/s1. The lowest BCUT2D eigenvalue weighted by molar-refractivity contribution is -0.155. The summed E-state index contributed by atoms with van der Waals surface area (Å²) in [6, 6.07) is 9.81. The highest BCUT2D eigenvalue weighted by Crippen LogP contribution is 2.36. The lowest BCUT2D eigenvalue weighted by Crippen LogP contribution is -2.51. The molecule has 1 amide bonds. The second-order valence-electron chi connectivity index (χ2n) is 9.42. The minimum Gasteiger partial charge on any atom is -0.481 e. The van der Waals surface area contributed by atoms with Crippen LogP contribution in [0.15, 0.2) is 34.9 Å². The van der Waals surface area contributed by atoms with Crippen molar-refractivity contribution in [1.29, 1.82) is 0 Å². The van der Waals surface area contributed by atoms with Gasteiger partial charge in [0.2, 0.25) is 5.91 Å². The fourth-order valence-corrected chi connectivity index (χ4v) is 5.19. The van der Waals surface area contributed by atoms with Crippen LogP contribution >= 0.6 is 0 Å². The summed E-state index contributed by atoms with van der Waals surface area (Å²) in [5, 5.41) is 14.3. The van der Waals surface area contributed by atoms with Crippen LogP contribution in [0.5, 0.6) is 0 Å². The number of carboxylic acids is 1. The third kappa shape index (κ3) is 5.00. The van der Waals surface area contributed by atoms with Gasteiger partial charge in [-0.1, -0.05) is 54.6 Å². The van der Waals surface area contributed by atoms with E-state index in [0.29, 0.717) is 43.2 Å². The molecule has 0 unspecified atom stereocenters. The largest absolute Gasteiger partial charge is 0.481 e. The van der Waals surface area contributed by atoms with E-state index in [1.54, 1.807) is 4.90 Å². The fraction of sp³-hybridized carbons (Fsp3) is 0.560. The van der Waals surface area contributed by atoms with Gasteiger partial charge in [0.1, 0.15) is 11.5 Å². The van der Waals surface area contributed by atoms with Gasteiger partial charge in [-0.2, -0.15) is 0 Å². The first-order valence-electron chi connectivity index (χ1n) is 11.5. The Hall–Kier alpha value is -2.63. The SMILES string of the molecule is Cc1cccc(-c2cc(C[C@@]3(C(=O)O)CCCN(C(=O)CCC4CCCC4)C3)on2)c1. The molecule has 1 aromatic heterocycles. The normalized spacial score (nSPS) is 22.0. The number of hydrogen-bond donors (Lipinski definition) is 1. The van der Waals surface area contributed by atoms with Crippen LogP contribution < -0.4 is 0 Å². The van der Waals surface area contributed by atoms with Crippen LogP contribution in [0.2, 0.25) is 0 Å². The van der Waals surface area contributed by atoms with E-state index in [0.717, 1.165) is 17.5 Å². The van der Waals surface area contributed by atoms with Gasteiger partial charge in [0.05, 0.1) is 5.41 Å². The molecule has 2 fully saturated rings. The van der Waals surface area contributed by atoms with Crippen LogP contribution in [0, 0.1) is 18.3 Å². The van der Waals surface area contributed by atoms with Gasteiger partial charge < -0.3 is 14.5 Å². The van der Waals surface area contributed by atoms with E-state index >= 15 is 0 Å². The highest BCUT2D eigenvalue weighted by molar-refractivity contribution is 5.80. The van der Waals surface area contributed by atoms with Crippen LogP contribution in [0.3, 0.4) is 0 Å². The third-order valence-corrected chi connectivity index (χ3v) is 7.01. The predicted octanol–water partition coefficient (Wildman–Crippen LogP) is 4.86. The van der Waals surface area contributed by atoms with Gasteiger partial charge in [-0.25, -0.2) is 0 Å². The molecule has 166 valence electrons. The zero-order valence-corrected chi connectivity index (χ0v) is 18.3. The summed E-state index contributed by atoms with van der Waals surface area (Å²) in [6.07, 6.45) is 7.92. The second kappa shape index (κ2) is 9.25. The monoisotopic (exact) mass is 424 g/mol. The Labute approximate surface area is 183 Å². The maximum atomic E-state index is 12.8. The van der Waals surface area contributed by atoms with Gasteiger partial charge in [0.25, 0.3) is 0 Å². The molecule has 0 spiro atoms. The molecule has 1 aromatic carbocycles. The van der Waals surface area contributed by atoms with Crippen molar-refractivity contribution in [2.24, 2.45) is 11.3 Å². The van der Waals surface area contributed by atoms with Crippen LogP contribution in [0.1, 0.15) is 62.7 Å². The molecule has 6 heteroatoms. The Morgan fingerprint density at radius 3 is 2.77 bits per heavy atom. The molecule has 1 atom stereocenters. The molecule has 1 aliphatic carbocycles. The number of hydrogen-bond acceptors (Lipinski definition) is 4. The predicted molar refractivity (Wildman–Crippen MR) is 117 cm³/mol. The number of carbonyl (C=O) groups is 2. The number of aryl methyl sites for hydroxylation is 1. The zero-order chi connectivity index (χ0) is 21.8. The summed E-state index contributed by atoms with van der Waals surface area (Å²) in [5.74, 6) is 0.441. The minimum absolute atomic E-state index is 0.0928.